The van der Waals surface area contributed by atoms with E-state index in [4.69, 9.17) is 5.73 Å². The van der Waals surface area contributed by atoms with E-state index < -0.39 is 0 Å². The molecule has 6 heteroatoms. The highest BCUT2D eigenvalue weighted by Crippen LogP contribution is 2.20. The van der Waals surface area contributed by atoms with Crippen LogP contribution in [-0.4, -0.2) is 38.8 Å². The first-order chi connectivity index (χ1) is 9.65. The van der Waals surface area contributed by atoms with Gasteiger partial charge in [0.15, 0.2) is 5.82 Å². The molecule has 1 aliphatic rings. The third-order valence-electron chi connectivity index (χ3n) is 4.00. The second-order valence-corrected chi connectivity index (χ2v) is 5.53. The van der Waals surface area contributed by atoms with Crippen LogP contribution in [0.4, 0.5) is 0 Å². The van der Waals surface area contributed by atoms with Crippen LogP contribution in [0.25, 0.3) is 5.82 Å². The first-order valence-electron chi connectivity index (χ1n) is 7.09. The Hall–Kier alpha value is -1.43. The van der Waals surface area contributed by atoms with Gasteiger partial charge in [0.2, 0.25) is 0 Å². The van der Waals surface area contributed by atoms with E-state index in [0.717, 1.165) is 37.6 Å². The molecule has 3 heterocycles. The van der Waals surface area contributed by atoms with Crippen molar-refractivity contribution in [3.8, 4) is 5.82 Å². The summed E-state index contributed by atoms with van der Waals surface area (Å²) in [5.41, 5.74) is 9.52. The molecule has 0 amide bonds. The van der Waals surface area contributed by atoms with Gasteiger partial charge >= 0.3 is 0 Å². The molecular formula is C15H22ClN5. The van der Waals surface area contributed by atoms with Crippen molar-refractivity contribution in [1.82, 2.24) is 19.7 Å². The lowest BCUT2D eigenvalue weighted by molar-refractivity contribution is 0.325. The van der Waals surface area contributed by atoms with Crippen molar-refractivity contribution >= 4 is 12.4 Å². The van der Waals surface area contributed by atoms with Gasteiger partial charge in [-0.2, -0.15) is 5.10 Å². The van der Waals surface area contributed by atoms with Gasteiger partial charge in [0.05, 0.1) is 5.69 Å². The number of hydrogen-bond donors (Lipinski definition) is 1. The minimum absolute atomic E-state index is 0. The number of aromatic nitrogens is 3. The average molecular weight is 308 g/mol. The summed E-state index contributed by atoms with van der Waals surface area (Å²) in [6.45, 7) is 7.17. The largest absolute Gasteiger partial charge is 0.326 e. The smallest absolute Gasteiger partial charge is 0.153 e. The van der Waals surface area contributed by atoms with E-state index in [0.29, 0.717) is 6.04 Å². The number of hydrogen-bond acceptors (Lipinski definition) is 4. The third kappa shape index (κ3) is 3.26. The minimum Gasteiger partial charge on any atom is -0.326 e. The summed E-state index contributed by atoms with van der Waals surface area (Å²) in [5, 5.41) is 4.64. The maximum atomic E-state index is 5.98. The van der Waals surface area contributed by atoms with E-state index in [2.05, 4.69) is 28.8 Å². The summed E-state index contributed by atoms with van der Waals surface area (Å²) < 4.78 is 1.93. The van der Waals surface area contributed by atoms with Crippen molar-refractivity contribution in [2.75, 3.05) is 13.1 Å². The molecule has 1 aliphatic heterocycles. The monoisotopic (exact) mass is 307 g/mol. The van der Waals surface area contributed by atoms with Gasteiger partial charge in [-0.05, 0) is 32.4 Å². The maximum Gasteiger partial charge on any atom is 0.153 e. The molecule has 0 aromatic carbocycles. The molecular weight excluding hydrogens is 286 g/mol. The Balaban J connectivity index is 0.00000161. The lowest BCUT2D eigenvalue weighted by atomic mass is 10.2. The zero-order chi connectivity index (χ0) is 14.1. The predicted molar refractivity (Wildman–Crippen MR) is 86.0 cm³/mol. The summed E-state index contributed by atoms with van der Waals surface area (Å²) in [4.78, 5) is 6.78. The molecule has 2 aromatic heterocycles. The van der Waals surface area contributed by atoms with E-state index in [-0.39, 0.29) is 12.4 Å². The van der Waals surface area contributed by atoms with Gasteiger partial charge < -0.3 is 5.73 Å². The van der Waals surface area contributed by atoms with Crippen molar-refractivity contribution in [2.24, 2.45) is 5.73 Å². The fourth-order valence-corrected chi connectivity index (χ4v) is 2.84. The predicted octanol–water partition coefficient (Wildman–Crippen LogP) is 1.84. The van der Waals surface area contributed by atoms with Gasteiger partial charge in [-0.3, -0.25) is 4.90 Å². The number of aryl methyl sites for hydroxylation is 1. The van der Waals surface area contributed by atoms with Crippen molar-refractivity contribution in [1.29, 1.82) is 0 Å². The van der Waals surface area contributed by atoms with Gasteiger partial charge in [-0.25, -0.2) is 9.67 Å². The highest BCUT2D eigenvalue weighted by atomic mass is 35.5. The van der Waals surface area contributed by atoms with Gasteiger partial charge in [0, 0.05) is 43.1 Å². The van der Waals surface area contributed by atoms with Crippen LogP contribution in [0.1, 0.15) is 23.4 Å². The second-order valence-electron chi connectivity index (χ2n) is 5.53. The van der Waals surface area contributed by atoms with Crippen molar-refractivity contribution < 1.29 is 0 Å². The minimum atomic E-state index is 0. The summed E-state index contributed by atoms with van der Waals surface area (Å²) in [7, 11) is 0. The van der Waals surface area contributed by atoms with Gasteiger partial charge in [-0.1, -0.05) is 6.07 Å². The number of halogens is 1. The summed E-state index contributed by atoms with van der Waals surface area (Å²) in [6, 6.07) is 6.20. The lowest BCUT2D eigenvalue weighted by Gasteiger charge is -2.15. The van der Waals surface area contributed by atoms with E-state index in [1.54, 1.807) is 6.20 Å². The number of pyridine rings is 1. The summed E-state index contributed by atoms with van der Waals surface area (Å²) >= 11 is 0. The fraction of sp³-hybridized carbons (Fsp3) is 0.467. The molecule has 0 radical (unpaired) electrons. The second kappa shape index (κ2) is 6.56. The van der Waals surface area contributed by atoms with Crippen LogP contribution in [0.5, 0.6) is 0 Å². The topological polar surface area (TPSA) is 60.0 Å². The van der Waals surface area contributed by atoms with Crippen LogP contribution >= 0.6 is 12.4 Å². The van der Waals surface area contributed by atoms with Crippen LogP contribution < -0.4 is 5.73 Å². The molecule has 1 fully saturated rings. The highest BCUT2D eigenvalue weighted by molar-refractivity contribution is 5.85. The lowest BCUT2D eigenvalue weighted by Crippen LogP contribution is -2.26. The standard InChI is InChI=1S/C15H21N5.ClH/c1-11-14(10-19-8-6-13(16)9-19)12(2)20(18-11)15-5-3-4-7-17-15;/h3-5,7,13H,6,8-10,16H2,1-2H3;1H. The SMILES string of the molecule is Cc1nn(-c2ccccn2)c(C)c1CN1CCC(N)C1.Cl. The Morgan fingerprint density at radius 1 is 1.33 bits per heavy atom. The quantitative estimate of drug-likeness (QED) is 0.940. The van der Waals surface area contributed by atoms with Crippen LogP contribution in [0.15, 0.2) is 24.4 Å². The van der Waals surface area contributed by atoms with Crippen LogP contribution in [-0.2, 0) is 6.54 Å². The molecule has 1 saturated heterocycles. The summed E-state index contributed by atoms with van der Waals surface area (Å²) in [6.07, 6.45) is 2.89. The molecule has 21 heavy (non-hydrogen) atoms. The van der Waals surface area contributed by atoms with E-state index in [1.807, 2.05) is 22.9 Å². The Kier molecular flexibility index (Phi) is 4.98. The van der Waals surface area contributed by atoms with Gasteiger partial charge in [-0.15, -0.1) is 12.4 Å². The normalized spacial score (nSPS) is 18.7. The molecule has 2 N–H and O–H groups in total. The van der Waals surface area contributed by atoms with E-state index >= 15 is 0 Å². The molecule has 3 rings (SSSR count). The van der Waals surface area contributed by atoms with E-state index in [1.165, 1.54) is 11.3 Å². The Morgan fingerprint density at radius 2 is 2.14 bits per heavy atom. The molecule has 0 saturated carbocycles. The van der Waals surface area contributed by atoms with Crippen LogP contribution in [0, 0.1) is 13.8 Å². The fourth-order valence-electron chi connectivity index (χ4n) is 2.84. The average Bonchev–Trinajstić information content (AvgIpc) is 2.98. The molecule has 1 atom stereocenters. The van der Waals surface area contributed by atoms with Crippen LogP contribution in [0.3, 0.4) is 0 Å². The molecule has 0 spiro atoms. The molecule has 114 valence electrons. The zero-order valence-electron chi connectivity index (χ0n) is 12.5. The summed E-state index contributed by atoms with van der Waals surface area (Å²) in [5.74, 6) is 0.873. The molecule has 0 bridgehead atoms. The molecule has 1 unspecified atom stereocenters. The first-order valence-corrected chi connectivity index (χ1v) is 7.09. The Bertz CT molecular complexity index is 596. The Labute approximate surface area is 131 Å². The highest BCUT2D eigenvalue weighted by Gasteiger charge is 2.22. The van der Waals surface area contributed by atoms with Crippen molar-refractivity contribution in [3.05, 3.63) is 41.3 Å². The van der Waals surface area contributed by atoms with Gasteiger partial charge in [0.1, 0.15) is 0 Å². The first kappa shape index (κ1) is 15.9. The van der Waals surface area contributed by atoms with Crippen molar-refractivity contribution in [3.63, 3.8) is 0 Å². The number of nitrogens with two attached hydrogens (primary N) is 1. The number of rotatable bonds is 3. The van der Waals surface area contributed by atoms with E-state index in [9.17, 15) is 0 Å². The number of nitrogens with zero attached hydrogens (tertiary/aromatic N) is 4. The third-order valence-corrected chi connectivity index (χ3v) is 4.00. The molecule has 0 aliphatic carbocycles. The van der Waals surface area contributed by atoms with Gasteiger partial charge in [0.25, 0.3) is 0 Å². The number of likely N-dealkylation sites (tertiary alicyclic amines) is 1. The maximum absolute atomic E-state index is 5.98. The van der Waals surface area contributed by atoms with Crippen LogP contribution in [0.2, 0.25) is 0 Å². The van der Waals surface area contributed by atoms with Crippen molar-refractivity contribution in [2.45, 2.75) is 32.9 Å². The molecule has 5 nitrogen and oxygen atoms in total. The Morgan fingerprint density at radius 3 is 2.76 bits per heavy atom. The molecule has 2 aromatic rings. The zero-order valence-corrected chi connectivity index (χ0v) is 13.3.